The predicted octanol–water partition coefficient (Wildman–Crippen LogP) is 3.72. The van der Waals surface area contributed by atoms with E-state index in [1.165, 1.54) is 0 Å². The minimum Gasteiger partial charge on any atom is -0.335 e. The Morgan fingerprint density at radius 3 is 2.84 bits per heavy atom. The maximum Gasteiger partial charge on any atom is 0.254 e. The van der Waals surface area contributed by atoms with Crippen molar-refractivity contribution in [2.45, 2.75) is 45.1 Å². The number of thiophene rings is 1. The van der Waals surface area contributed by atoms with Crippen LogP contribution in [0.3, 0.4) is 0 Å². The zero-order valence-corrected chi connectivity index (χ0v) is 14.0. The molecule has 1 aliphatic rings. The number of nitrogens with zero attached hydrogens (tertiary/aromatic N) is 1. The third-order valence-electron chi connectivity index (χ3n) is 3.48. The Labute approximate surface area is 131 Å². The van der Waals surface area contributed by atoms with Crippen LogP contribution in [0, 0.1) is 2.88 Å². The molecule has 0 radical (unpaired) electrons. The summed E-state index contributed by atoms with van der Waals surface area (Å²) >= 11 is 3.82. The molecular formula is C14H18INO2S. The third kappa shape index (κ3) is 4.02. The van der Waals surface area contributed by atoms with E-state index in [9.17, 15) is 9.59 Å². The first kappa shape index (κ1) is 15.0. The molecule has 0 bridgehead atoms. The van der Waals surface area contributed by atoms with Crippen LogP contribution in [0.1, 0.15) is 49.4 Å². The van der Waals surface area contributed by atoms with E-state index in [-0.39, 0.29) is 17.7 Å². The second kappa shape index (κ2) is 6.83. The number of hydrogen-bond acceptors (Lipinski definition) is 3. The number of amides is 1. The molecule has 1 fully saturated rings. The summed E-state index contributed by atoms with van der Waals surface area (Å²) in [6, 6.07) is 2.02. The van der Waals surface area contributed by atoms with E-state index in [2.05, 4.69) is 22.6 Å². The Balaban J connectivity index is 2.17. The average molecular weight is 391 g/mol. The van der Waals surface area contributed by atoms with Gasteiger partial charge in [-0.3, -0.25) is 9.59 Å². The van der Waals surface area contributed by atoms with E-state index >= 15 is 0 Å². The molecule has 0 N–H and O–H groups in total. The molecule has 0 saturated carbocycles. The SMILES string of the molecule is CC(=O)CC1CCCCCN1C(=O)c1csc(I)c1. The smallest absolute Gasteiger partial charge is 0.254 e. The van der Waals surface area contributed by atoms with Gasteiger partial charge in [0.25, 0.3) is 5.91 Å². The lowest BCUT2D eigenvalue weighted by Gasteiger charge is -2.29. The molecule has 2 heterocycles. The lowest BCUT2D eigenvalue weighted by atomic mass is 10.0. The molecule has 19 heavy (non-hydrogen) atoms. The van der Waals surface area contributed by atoms with E-state index < -0.39 is 0 Å². The standard InChI is InChI=1S/C14H18INO2S/c1-10(17)7-12-5-3-2-4-6-16(12)14(18)11-8-13(15)19-9-11/h8-9,12H,2-7H2,1H3. The Kier molecular flexibility index (Phi) is 5.38. The Hall–Kier alpha value is -0.430. The van der Waals surface area contributed by atoms with Crippen molar-refractivity contribution in [3.8, 4) is 0 Å². The van der Waals surface area contributed by atoms with E-state index in [1.807, 2.05) is 16.3 Å². The van der Waals surface area contributed by atoms with Crippen molar-refractivity contribution in [2.24, 2.45) is 0 Å². The number of halogens is 1. The van der Waals surface area contributed by atoms with Crippen molar-refractivity contribution in [3.63, 3.8) is 0 Å². The molecule has 1 aromatic rings. The lowest BCUT2D eigenvalue weighted by Crippen LogP contribution is -2.40. The van der Waals surface area contributed by atoms with Crippen LogP contribution in [-0.2, 0) is 4.79 Å². The summed E-state index contributed by atoms with van der Waals surface area (Å²) in [6.45, 7) is 2.39. The maximum atomic E-state index is 12.6. The molecule has 1 saturated heterocycles. The van der Waals surface area contributed by atoms with Gasteiger partial charge in [-0.25, -0.2) is 0 Å². The van der Waals surface area contributed by atoms with Crippen LogP contribution in [0.25, 0.3) is 0 Å². The first-order chi connectivity index (χ1) is 9.08. The van der Waals surface area contributed by atoms with Gasteiger partial charge in [-0.1, -0.05) is 12.8 Å². The topological polar surface area (TPSA) is 37.4 Å². The molecule has 1 aliphatic heterocycles. The number of Topliss-reactive ketones (excluding diaryl/α,β-unsaturated/α-hetero) is 1. The van der Waals surface area contributed by atoms with Gasteiger partial charge in [-0.05, 0) is 48.4 Å². The largest absolute Gasteiger partial charge is 0.335 e. The van der Waals surface area contributed by atoms with Gasteiger partial charge in [0.1, 0.15) is 5.78 Å². The van der Waals surface area contributed by atoms with Crippen molar-refractivity contribution in [2.75, 3.05) is 6.54 Å². The summed E-state index contributed by atoms with van der Waals surface area (Å²) in [4.78, 5) is 25.9. The van der Waals surface area contributed by atoms with E-state index in [0.717, 1.165) is 40.7 Å². The fourth-order valence-corrected chi connectivity index (χ4v) is 3.90. The molecule has 0 aromatic carbocycles. The highest BCUT2D eigenvalue weighted by molar-refractivity contribution is 14.1. The van der Waals surface area contributed by atoms with E-state index in [4.69, 9.17) is 0 Å². The summed E-state index contributed by atoms with van der Waals surface area (Å²) in [5.74, 6) is 0.261. The molecule has 2 rings (SSSR count). The number of carbonyl (C=O) groups excluding carboxylic acids is 2. The minimum absolute atomic E-state index is 0.0880. The molecular weight excluding hydrogens is 373 g/mol. The van der Waals surface area contributed by atoms with Gasteiger partial charge in [0.15, 0.2) is 0 Å². The maximum absolute atomic E-state index is 12.6. The first-order valence-corrected chi connectivity index (χ1v) is 8.58. The fraction of sp³-hybridized carbons (Fsp3) is 0.571. The fourth-order valence-electron chi connectivity index (χ4n) is 2.58. The van der Waals surface area contributed by atoms with E-state index in [1.54, 1.807) is 18.3 Å². The van der Waals surface area contributed by atoms with Crippen LogP contribution in [0.4, 0.5) is 0 Å². The summed E-state index contributed by atoms with van der Waals surface area (Å²) in [6.07, 6.45) is 4.75. The van der Waals surface area contributed by atoms with Crippen LogP contribution in [-0.4, -0.2) is 29.2 Å². The normalized spacial score (nSPS) is 20.1. The summed E-state index contributed by atoms with van der Waals surface area (Å²) in [5.41, 5.74) is 0.768. The molecule has 1 amide bonds. The molecule has 3 nitrogen and oxygen atoms in total. The van der Waals surface area contributed by atoms with Crippen LogP contribution >= 0.6 is 33.9 Å². The summed E-state index contributed by atoms with van der Waals surface area (Å²) < 4.78 is 1.12. The van der Waals surface area contributed by atoms with Crippen molar-refractivity contribution in [1.29, 1.82) is 0 Å². The number of hydrogen-bond donors (Lipinski definition) is 0. The number of rotatable bonds is 3. The van der Waals surface area contributed by atoms with Gasteiger partial charge in [-0.15, -0.1) is 11.3 Å². The number of carbonyl (C=O) groups is 2. The minimum atomic E-state index is 0.0880. The quantitative estimate of drug-likeness (QED) is 0.737. The van der Waals surface area contributed by atoms with E-state index in [0.29, 0.717) is 6.42 Å². The Morgan fingerprint density at radius 1 is 1.42 bits per heavy atom. The molecule has 0 spiro atoms. The zero-order valence-electron chi connectivity index (χ0n) is 11.0. The van der Waals surface area contributed by atoms with Gasteiger partial charge in [0.05, 0.1) is 8.45 Å². The van der Waals surface area contributed by atoms with Gasteiger partial charge >= 0.3 is 0 Å². The third-order valence-corrected chi connectivity index (χ3v) is 5.26. The number of ketones is 1. The lowest BCUT2D eigenvalue weighted by molar-refractivity contribution is -0.118. The van der Waals surface area contributed by atoms with Crippen molar-refractivity contribution in [3.05, 3.63) is 19.9 Å². The molecule has 1 unspecified atom stereocenters. The van der Waals surface area contributed by atoms with Gasteiger partial charge < -0.3 is 4.90 Å². The molecule has 104 valence electrons. The van der Waals surface area contributed by atoms with Crippen molar-refractivity contribution >= 4 is 45.6 Å². The molecule has 1 atom stereocenters. The highest BCUT2D eigenvalue weighted by atomic mass is 127. The molecule has 1 aromatic heterocycles. The Bertz CT molecular complexity index is 472. The van der Waals surface area contributed by atoms with Crippen molar-refractivity contribution in [1.82, 2.24) is 4.90 Å². The summed E-state index contributed by atoms with van der Waals surface area (Å²) in [5, 5.41) is 1.92. The highest BCUT2D eigenvalue weighted by Gasteiger charge is 2.27. The zero-order chi connectivity index (χ0) is 13.8. The second-order valence-electron chi connectivity index (χ2n) is 5.05. The number of likely N-dealkylation sites (tertiary alicyclic amines) is 1. The summed E-state index contributed by atoms with van der Waals surface area (Å²) in [7, 11) is 0. The average Bonchev–Trinajstić information content (AvgIpc) is 2.65. The van der Waals surface area contributed by atoms with Crippen molar-refractivity contribution < 1.29 is 9.59 Å². The van der Waals surface area contributed by atoms with Gasteiger partial charge in [-0.2, -0.15) is 0 Å². The van der Waals surface area contributed by atoms with Crippen LogP contribution in [0.5, 0.6) is 0 Å². The van der Waals surface area contributed by atoms with Crippen LogP contribution in [0.15, 0.2) is 11.4 Å². The van der Waals surface area contributed by atoms with Gasteiger partial charge in [0, 0.05) is 24.4 Å². The van der Waals surface area contributed by atoms with Crippen LogP contribution < -0.4 is 0 Å². The highest BCUT2D eigenvalue weighted by Crippen LogP contribution is 2.24. The molecule has 5 heteroatoms. The first-order valence-electron chi connectivity index (χ1n) is 6.62. The Morgan fingerprint density at radius 2 is 2.21 bits per heavy atom. The van der Waals surface area contributed by atoms with Crippen LogP contribution in [0.2, 0.25) is 0 Å². The molecule has 0 aliphatic carbocycles. The monoisotopic (exact) mass is 391 g/mol. The predicted molar refractivity (Wildman–Crippen MR) is 85.6 cm³/mol. The second-order valence-corrected chi connectivity index (χ2v) is 7.85. The van der Waals surface area contributed by atoms with Gasteiger partial charge in [0.2, 0.25) is 0 Å².